The molecule has 0 aromatic heterocycles. The van der Waals surface area contributed by atoms with Crippen LogP contribution in [0.5, 0.6) is 5.75 Å². The Hall–Kier alpha value is -3.45. The number of anilines is 1. The quantitative estimate of drug-likeness (QED) is 0.228. The highest BCUT2D eigenvalue weighted by atomic mass is 79.9. The standard InChI is InChI=1S/C32H26BrClN2O3/c1-2-39-24-15-10-19(11-16-24)27-28(30(37)21-8-13-23(34)14-9-21)32(36-29(27)20-6-4-3-5-7-20)25-18-22(33)12-17-26(25)35-31(32)38/h3-18,27-29,36H,2H2,1H3,(H,35,38)/t27-,28?,29+,32?/m0/s1. The Labute approximate surface area is 240 Å². The van der Waals surface area contributed by atoms with Gasteiger partial charge < -0.3 is 10.1 Å². The molecule has 7 heteroatoms. The van der Waals surface area contributed by atoms with Gasteiger partial charge in [0.25, 0.3) is 0 Å². The predicted octanol–water partition coefficient (Wildman–Crippen LogP) is 7.28. The Kier molecular flexibility index (Phi) is 6.79. The number of fused-ring (bicyclic) bond motifs is 2. The molecule has 4 atom stereocenters. The highest BCUT2D eigenvalue weighted by Gasteiger charge is 2.64. The van der Waals surface area contributed by atoms with Gasteiger partial charge in [-0.1, -0.05) is 70.0 Å². The number of hydrogen-bond acceptors (Lipinski definition) is 4. The van der Waals surface area contributed by atoms with Crippen molar-refractivity contribution in [3.05, 3.63) is 129 Å². The van der Waals surface area contributed by atoms with E-state index in [1.54, 1.807) is 24.3 Å². The zero-order valence-corrected chi connectivity index (χ0v) is 23.5. The fourth-order valence-corrected chi connectivity index (χ4v) is 6.56. The van der Waals surface area contributed by atoms with Crippen LogP contribution in [0.3, 0.4) is 0 Å². The summed E-state index contributed by atoms with van der Waals surface area (Å²) in [5, 5.41) is 7.31. The fourth-order valence-electron chi connectivity index (χ4n) is 6.08. The normalized spacial score (nSPS) is 23.5. The van der Waals surface area contributed by atoms with Crippen molar-refractivity contribution in [3.63, 3.8) is 0 Å². The van der Waals surface area contributed by atoms with Crippen molar-refractivity contribution in [1.29, 1.82) is 0 Å². The summed E-state index contributed by atoms with van der Waals surface area (Å²) >= 11 is 9.76. The topological polar surface area (TPSA) is 67.4 Å². The molecule has 2 unspecified atom stereocenters. The maximum absolute atomic E-state index is 14.6. The van der Waals surface area contributed by atoms with E-state index in [0.717, 1.165) is 26.9 Å². The van der Waals surface area contributed by atoms with E-state index in [9.17, 15) is 9.59 Å². The molecule has 39 heavy (non-hydrogen) atoms. The number of benzene rings is 4. The van der Waals surface area contributed by atoms with Crippen molar-refractivity contribution in [3.8, 4) is 5.75 Å². The number of carbonyl (C=O) groups excluding carboxylic acids is 2. The third-order valence-corrected chi connectivity index (χ3v) is 8.47. The minimum Gasteiger partial charge on any atom is -0.494 e. The van der Waals surface area contributed by atoms with Crippen LogP contribution in [-0.4, -0.2) is 18.3 Å². The maximum Gasteiger partial charge on any atom is 0.250 e. The van der Waals surface area contributed by atoms with Crippen LogP contribution in [-0.2, 0) is 10.3 Å². The second kappa shape index (κ2) is 10.3. The first-order valence-corrected chi connectivity index (χ1v) is 14.1. The monoisotopic (exact) mass is 600 g/mol. The molecule has 196 valence electrons. The Bertz CT molecular complexity index is 1540. The Balaban J connectivity index is 1.60. The van der Waals surface area contributed by atoms with E-state index in [1.807, 2.05) is 79.7 Å². The molecule has 2 heterocycles. The van der Waals surface area contributed by atoms with Crippen LogP contribution in [0.15, 0.2) is 102 Å². The maximum atomic E-state index is 14.6. The number of rotatable bonds is 6. The van der Waals surface area contributed by atoms with E-state index in [1.165, 1.54) is 0 Å². The Morgan fingerprint density at radius 3 is 2.36 bits per heavy atom. The van der Waals surface area contributed by atoms with Crippen LogP contribution >= 0.6 is 27.5 Å². The lowest BCUT2D eigenvalue weighted by Gasteiger charge is -2.31. The predicted molar refractivity (Wildman–Crippen MR) is 156 cm³/mol. The second-order valence-corrected chi connectivity index (χ2v) is 11.2. The van der Waals surface area contributed by atoms with Crippen molar-refractivity contribution < 1.29 is 14.3 Å². The van der Waals surface area contributed by atoms with E-state index in [0.29, 0.717) is 22.9 Å². The third kappa shape index (κ3) is 4.37. The van der Waals surface area contributed by atoms with Crippen molar-refractivity contribution in [2.45, 2.75) is 24.4 Å². The molecule has 0 bridgehead atoms. The largest absolute Gasteiger partial charge is 0.494 e. The molecule has 0 radical (unpaired) electrons. The van der Waals surface area contributed by atoms with Crippen LogP contribution in [0.25, 0.3) is 0 Å². The lowest BCUT2D eigenvalue weighted by molar-refractivity contribution is -0.122. The molecule has 5 nitrogen and oxygen atoms in total. The van der Waals surface area contributed by atoms with Gasteiger partial charge in [0.2, 0.25) is 5.91 Å². The summed E-state index contributed by atoms with van der Waals surface area (Å²) in [4.78, 5) is 28.7. The first-order chi connectivity index (χ1) is 18.9. The molecule has 6 rings (SSSR count). The molecule has 2 aliphatic rings. The molecule has 1 fully saturated rings. The number of hydrogen-bond donors (Lipinski definition) is 2. The van der Waals surface area contributed by atoms with Gasteiger partial charge >= 0.3 is 0 Å². The third-order valence-electron chi connectivity index (χ3n) is 7.73. The highest BCUT2D eigenvalue weighted by molar-refractivity contribution is 9.10. The SMILES string of the molecule is CCOc1ccc([C@H]2C(C(=O)c3ccc(Cl)cc3)C3(N[C@@H]2c2ccccc2)C(=O)Nc2ccc(Br)cc23)cc1. The summed E-state index contributed by atoms with van der Waals surface area (Å²) in [5.41, 5.74) is 2.61. The smallest absolute Gasteiger partial charge is 0.250 e. The molecule has 4 aromatic carbocycles. The number of amides is 1. The highest BCUT2D eigenvalue weighted by Crippen LogP contribution is 2.57. The number of halogens is 2. The molecular formula is C32H26BrClN2O3. The van der Waals surface area contributed by atoms with Gasteiger partial charge in [-0.05, 0) is 72.6 Å². The van der Waals surface area contributed by atoms with Gasteiger partial charge in [-0.15, -0.1) is 0 Å². The van der Waals surface area contributed by atoms with Crippen LogP contribution in [0.2, 0.25) is 5.02 Å². The van der Waals surface area contributed by atoms with E-state index in [2.05, 4.69) is 26.6 Å². The minimum atomic E-state index is -1.29. The first-order valence-electron chi connectivity index (χ1n) is 12.9. The zero-order chi connectivity index (χ0) is 27.1. The molecule has 1 spiro atoms. The molecule has 2 aliphatic heterocycles. The molecule has 1 saturated heterocycles. The summed E-state index contributed by atoms with van der Waals surface area (Å²) in [7, 11) is 0. The number of ether oxygens (including phenoxy) is 1. The average Bonchev–Trinajstić information content (AvgIpc) is 3.45. The Morgan fingerprint density at radius 1 is 0.949 bits per heavy atom. The van der Waals surface area contributed by atoms with Crippen molar-refractivity contribution in [2.24, 2.45) is 5.92 Å². The summed E-state index contributed by atoms with van der Waals surface area (Å²) < 4.78 is 6.53. The Morgan fingerprint density at radius 2 is 1.67 bits per heavy atom. The lowest BCUT2D eigenvalue weighted by atomic mass is 9.69. The number of ketones is 1. The number of Topliss-reactive ketones (excluding diaryl/α,β-unsaturated/α-hetero) is 1. The molecule has 2 N–H and O–H groups in total. The molecule has 4 aromatic rings. The van der Waals surface area contributed by atoms with Gasteiger partial charge in [0.15, 0.2) is 5.78 Å². The minimum absolute atomic E-state index is 0.126. The van der Waals surface area contributed by atoms with E-state index >= 15 is 0 Å². The van der Waals surface area contributed by atoms with Gasteiger partial charge in [0, 0.05) is 38.3 Å². The van der Waals surface area contributed by atoms with E-state index < -0.39 is 11.5 Å². The number of carbonyl (C=O) groups is 2. The zero-order valence-electron chi connectivity index (χ0n) is 21.2. The molecule has 0 saturated carbocycles. The lowest BCUT2D eigenvalue weighted by Crippen LogP contribution is -2.50. The molecule has 0 aliphatic carbocycles. The second-order valence-electron chi connectivity index (χ2n) is 9.86. The van der Waals surface area contributed by atoms with Crippen LogP contribution in [0.4, 0.5) is 5.69 Å². The summed E-state index contributed by atoms with van der Waals surface area (Å²) in [6.45, 7) is 2.50. The van der Waals surface area contributed by atoms with Crippen LogP contribution in [0.1, 0.15) is 45.9 Å². The van der Waals surface area contributed by atoms with E-state index in [4.69, 9.17) is 16.3 Å². The summed E-state index contributed by atoms with van der Waals surface area (Å²) in [5.74, 6) is -0.720. The van der Waals surface area contributed by atoms with Gasteiger partial charge in [-0.3, -0.25) is 14.9 Å². The van der Waals surface area contributed by atoms with Gasteiger partial charge in [-0.25, -0.2) is 0 Å². The van der Waals surface area contributed by atoms with Gasteiger partial charge in [-0.2, -0.15) is 0 Å². The summed E-state index contributed by atoms with van der Waals surface area (Å²) in [6, 6.07) is 30.1. The summed E-state index contributed by atoms with van der Waals surface area (Å²) in [6.07, 6.45) is 0. The molecule has 1 amide bonds. The van der Waals surface area contributed by atoms with Gasteiger partial charge in [0.05, 0.1) is 12.5 Å². The van der Waals surface area contributed by atoms with Crippen molar-refractivity contribution in [2.75, 3.05) is 11.9 Å². The van der Waals surface area contributed by atoms with Gasteiger partial charge in [0.1, 0.15) is 11.3 Å². The fraction of sp³-hybridized carbons (Fsp3) is 0.188. The van der Waals surface area contributed by atoms with Crippen molar-refractivity contribution >= 4 is 44.9 Å². The average molecular weight is 602 g/mol. The van der Waals surface area contributed by atoms with E-state index in [-0.39, 0.29) is 23.7 Å². The van der Waals surface area contributed by atoms with Crippen molar-refractivity contribution in [1.82, 2.24) is 5.32 Å². The molecular weight excluding hydrogens is 576 g/mol. The van der Waals surface area contributed by atoms with Crippen LogP contribution < -0.4 is 15.4 Å². The first kappa shape index (κ1) is 25.8. The van der Waals surface area contributed by atoms with Crippen LogP contribution in [0, 0.1) is 5.92 Å². The number of nitrogens with one attached hydrogen (secondary N) is 2.